The molecule has 0 aliphatic carbocycles. The number of nitro benzene ring substituents is 1. The normalized spacial score (nSPS) is 10.2. The van der Waals surface area contributed by atoms with Crippen LogP contribution in [0, 0.1) is 10.1 Å². The first kappa shape index (κ1) is 19.2. The second kappa shape index (κ2) is 9.97. The van der Waals surface area contributed by atoms with Crippen molar-refractivity contribution in [3.05, 3.63) is 58.3 Å². The number of ether oxygens (including phenoxy) is 2. The molecule has 0 radical (unpaired) electrons. The van der Waals surface area contributed by atoms with Gasteiger partial charge in [-0.1, -0.05) is 19.4 Å². The molecule has 0 fully saturated rings. The minimum atomic E-state index is -0.495. The van der Waals surface area contributed by atoms with Gasteiger partial charge in [-0.25, -0.2) is 4.98 Å². The summed E-state index contributed by atoms with van der Waals surface area (Å²) in [6, 6.07) is 9.16. The van der Waals surface area contributed by atoms with E-state index in [1.54, 1.807) is 12.3 Å². The Morgan fingerprint density at radius 1 is 1.23 bits per heavy atom. The molecule has 0 atom stereocenters. The molecule has 0 aliphatic rings. The maximum absolute atomic E-state index is 11.9. The molecule has 0 saturated heterocycles. The van der Waals surface area contributed by atoms with Crippen LogP contribution in [-0.4, -0.2) is 29.0 Å². The maximum Gasteiger partial charge on any atom is 0.269 e. The molecular formula is C18H21N3O5. The van der Waals surface area contributed by atoms with E-state index in [2.05, 4.69) is 17.2 Å². The molecule has 138 valence electrons. The number of amides is 1. The van der Waals surface area contributed by atoms with Gasteiger partial charge in [-0.2, -0.15) is 0 Å². The fourth-order valence-electron chi connectivity index (χ4n) is 2.06. The SMILES string of the molecule is CCCCOc1ncccc1CNC(=O)COc1ccc([N+](=O)[O-])cc1. The van der Waals surface area contributed by atoms with Gasteiger partial charge in [0.2, 0.25) is 5.88 Å². The molecule has 1 aromatic carbocycles. The van der Waals surface area contributed by atoms with Gasteiger partial charge in [0.1, 0.15) is 5.75 Å². The van der Waals surface area contributed by atoms with Crippen LogP contribution in [0.1, 0.15) is 25.3 Å². The van der Waals surface area contributed by atoms with Crippen LogP contribution in [0.2, 0.25) is 0 Å². The van der Waals surface area contributed by atoms with Crippen LogP contribution < -0.4 is 14.8 Å². The van der Waals surface area contributed by atoms with Gasteiger partial charge in [-0.3, -0.25) is 14.9 Å². The van der Waals surface area contributed by atoms with Gasteiger partial charge < -0.3 is 14.8 Å². The number of nitrogens with one attached hydrogen (secondary N) is 1. The molecule has 0 bridgehead atoms. The number of rotatable bonds is 10. The number of hydrogen-bond acceptors (Lipinski definition) is 6. The van der Waals surface area contributed by atoms with Crippen LogP contribution in [0.3, 0.4) is 0 Å². The summed E-state index contributed by atoms with van der Waals surface area (Å²) in [6.45, 7) is 2.74. The van der Waals surface area contributed by atoms with Gasteiger partial charge in [-0.15, -0.1) is 0 Å². The number of aromatic nitrogens is 1. The van der Waals surface area contributed by atoms with Crippen LogP contribution in [0.25, 0.3) is 0 Å². The van der Waals surface area contributed by atoms with E-state index in [4.69, 9.17) is 9.47 Å². The van der Waals surface area contributed by atoms with Crippen molar-refractivity contribution in [2.75, 3.05) is 13.2 Å². The molecule has 1 aromatic heterocycles. The number of non-ortho nitro benzene ring substituents is 1. The molecule has 0 saturated carbocycles. The van der Waals surface area contributed by atoms with Crippen molar-refractivity contribution in [2.24, 2.45) is 0 Å². The second-order valence-corrected chi connectivity index (χ2v) is 5.49. The Hall–Kier alpha value is -3.16. The number of hydrogen-bond donors (Lipinski definition) is 1. The first-order valence-electron chi connectivity index (χ1n) is 8.30. The van der Waals surface area contributed by atoms with E-state index in [1.807, 2.05) is 6.07 Å². The first-order chi connectivity index (χ1) is 12.6. The summed E-state index contributed by atoms with van der Waals surface area (Å²) in [5, 5.41) is 13.3. The highest BCUT2D eigenvalue weighted by Crippen LogP contribution is 2.17. The minimum Gasteiger partial charge on any atom is -0.484 e. The van der Waals surface area contributed by atoms with E-state index in [0.29, 0.717) is 18.2 Å². The molecule has 0 spiro atoms. The third-order valence-corrected chi connectivity index (χ3v) is 3.48. The molecule has 8 heteroatoms. The van der Waals surface area contributed by atoms with Crippen molar-refractivity contribution in [1.29, 1.82) is 0 Å². The number of pyridine rings is 1. The molecular weight excluding hydrogens is 338 g/mol. The monoisotopic (exact) mass is 359 g/mol. The fourth-order valence-corrected chi connectivity index (χ4v) is 2.06. The molecule has 26 heavy (non-hydrogen) atoms. The van der Waals surface area contributed by atoms with E-state index in [0.717, 1.165) is 18.4 Å². The number of unbranched alkanes of at least 4 members (excludes halogenated alkanes) is 1. The van der Waals surface area contributed by atoms with Crippen molar-refractivity contribution >= 4 is 11.6 Å². The fraction of sp³-hybridized carbons (Fsp3) is 0.333. The lowest BCUT2D eigenvalue weighted by Gasteiger charge is -2.11. The van der Waals surface area contributed by atoms with Gasteiger partial charge >= 0.3 is 0 Å². The third-order valence-electron chi connectivity index (χ3n) is 3.48. The number of carbonyl (C=O) groups is 1. The molecule has 0 unspecified atom stereocenters. The lowest BCUT2D eigenvalue weighted by atomic mass is 10.2. The molecule has 1 N–H and O–H groups in total. The average molecular weight is 359 g/mol. The van der Waals surface area contributed by atoms with Gasteiger partial charge in [0.25, 0.3) is 11.6 Å². The molecule has 2 rings (SSSR count). The lowest BCUT2D eigenvalue weighted by Crippen LogP contribution is -2.28. The standard InChI is InChI=1S/C18H21N3O5/c1-2-3-11-25-18-14(5-4-10-19-18)12-20-17(22)13-26-16-8-6-15(7-9-16)21(23)24/h4-10H,2-3,11-13H2,1H3,(H,20,22). The summed E-state index contributed by atoms with van der Waals surface area (Å²) in [5.41, 5.74) is 0.751. The highest BCUT2D eigenvalue weighted by Gasteiger charge is 2.09. The highest BCUT2D eigenvalue weighted by molar-refractivity contribution is 5.77. The number of benzene rings is 1. The number of carbonyl (C=O) groups excluding carboxylic acids is 1. The Labute approximate surface area is 151 Å². The van der Waals surface area contributed by atoms with E-state index in [1.165, 1.54) is 24.3 Å². The van der Waals surface area contributed by atoms with E-state index < -0.39 is 4.92 Å². The summed E-state index contributed by atoms with van der Waals surface area (Å²) in [5.74, 6) is 0.583. The minimum absolute atomic E-state index is 0.0334. The van der Waals surface area contributed by atoms with Crippen molar-refractivity contribution < 1.29 is 19.2 Å². The second-order valence-electron chi connectivity index (χ2n) is 5.49. The van der Waals surface area contributed by atoms with E-state index >= 15 is 0 Å². The van der Waals surface area contributed by atoms with Crippen LogP contribution in [0.15, 0.2) is 42.6 Å². The summed E-state index contributed by atoms with van der Waals surface area (Å²) in [4.78, 5) is 26.2. The third kappa shape index (κ3) is 6.04. The molecule has 2 aromatic rings. The maximum atomic E-state index is 11.9. The molecule has 1 amide bonds. The smallest absolute Gasteiger partial charge is 0.269 e. The Morgan fingerprint density at radius 3 is 2.69 bits per heavy atom. The summed E-state index contributed by atoms with van der Waals surface area (Å²) in [7, 11) is 0. The predicted octanol–water partition coefficient (Wildman–Crippen LogP) is 2.86. The quantitative estimate of drug-likeness (QED) is 0.397. The van der Waals surface area contributed by atoms with E-state index in [9.17, 15) is 14.9 Å². The Bertz CT molecular complexity index is 734. The van der Waals surface area contributed by atoms with E-state index in [-0.39, 0.29) is 24.7 Å². The van der Waals surface area contributed by atoms with Crippen molar-refractivity contribution in [1.82, 2.24) is 10.3 Å². The van der Waals surface area contributed by atoms with Crippen molar-refractivity contribution in [3.8, 4) is 11.6 Å². The summed E-state index contributed by atoms with van der Waals surface area (Å²) >= 11 is 0. The van der Waals surface area contributed by atoms with Gasteiger partial charge in [0.05, 0.1) is 11.5 Å². The number of nitrogens with zero attached hydrogens (tertiary/aromatic N) is 2. The predicted molar refractivity (Wildman–Crippen MR) is 95.1 cm³/mol. The van der Waals surface area contributed by atoms with Crippen LogP contribution in [-0.2, 0) is 11.3 Å². The zero-order valence-corrected chi connectivity index (χ0v) is 14.5. The van der Waals surface area contributed by atoms with Crippen molar-refractivity contribution in [2.45, 2.75) is 26.3 Å². The van der Waals surface area contributed by atoms with Crippen LogP contribution in [0.5, 0.6) is 11.6 Å². The van der Waals surface area contributed by atoms with Crippen molar-refractivity contribution in [3.63, 3.8) is 0 Å². The largest absolute Gasteiger partial charge is 0.484 e. The van der Waals surface area contributed by atoms with Crippen LogP contribution >= 0.6 is 0 Å². The van der Waals surface area contributed by atoms with Crippen LogP contribution in [0.4, 0.5) is 5.69 Å². The van der Waals surface area contributed by atoms with Gasteiger partial charge in [0, 0.05) is 30.4 Å². The molecule has 8 nitrogen and oxygen atoms in total. The zero-order valence-electron chi connectivity index (χ0n) is 14.5. The summed E-state index contributed by atoms with van der Waals surface area (Å²) < 4.78 is 10.9. The van der Waals surface area contributed by atoms with Gasteiger partial charge in [-0.05, 0) is 24.6 Å². The molecule has 1 heterocycles. The molecule has 0 aliphatic heterocycles. The Morgan fingerprint density at radius 2 is 2.00 bits per heavy atom. The highest BCUT2D eigenvalue weighted by atomic mass is 16.6. The Balaban J connectivity index is 1.80. The average Bonchev–Trinajstić information content (AvgIpc) is 2.66. The lowest BCUT2D eigenvalue weighted by molar-refractivity contribution is -0.384. The number of nitro groups is 1. The summed E-state index contributed by atoms with van der Waals surface area (Å²) in [6.07, 6.45) is 3.61. The topological polar surface area (TPSA) is 104 Å². The zero-order chi connectivity index (χ0) is 18.8. The van der Waals surface area contributed by atoms with Gasteiger partial charge in [0.15, 0.2) is 6.61 Å². The Kier molecular flexibility index (Phi) is 7.35. The first-order valence-corrected chi connectivity index (χ1v) is 8.30.